The molecule has 1 fully saturated rings. The van der Waals surface area contributed by atoms with Crippen LogP contribution in [-0.4, -0.2) is 64.8 Å². The number of rotatable bonds is 10. The van der Waals surface area contributed by atoms with E-state index in [9.17, 15) is 24.4 Å². The van der Waals surface area contributed by atoms with Crippen LogP contribution in [0.15, 0.2) is 54.8 Å². The summed E-state index contributed by atoms with van der Waals surface area (Å²) in [5.74, 6) is 0.676. The number of aliphatic hydroxyl groups excluding tert-OH is 2. The number of nitrogens with one attached hydrogen (secondary N) is 2. The van der Waals surface area contributed by atoms with Crippen LogP contribution in [0.3, 0.4) is 0 Å². The van der Waals surface area contributed by atoms with Gasteiger partial charge in [0.2, 0.25) is 5.91 Å². The average Bonchev–Trinajstić information content (AvgIpc) is 3.08. The van der Waals surface area contributed by atoms with Gasteiger partial charge in [0.1, 0.15) is 36.7 Å². The summed E-state index contributed by atoms with van der Waals surface area (Å²) in [6.07, 6.45) is 3.75. The van der Waals surface area contributed by atoms with Crippen molar-refractivity contribution in [1.82, 2.24) is 10.4 Å². The van der Waals surface area contributed by atoms with Crippen molar-refractivity contribution in [2.24, 2.45) is 5.92 Å². The Morgan fingerprint density at radius 1 is 1.32 bits per heavy atom. The van der Waals surface area contributed by atoms with Gasteiger partial charge in [-0.15, -0.1) is 6.42 Å². The van der Waals surface area contributed by atoms with Gasteiger partial charge < -0.3 is 29.5 Å². The van der Waals surface area contributed by atoms with Crippen LogP contribution >= 0.6 is 7.75 Å². The first-order valence-corrected chi connectivity index (χ1v) is 13.1. The second kappa shape index (κ2) is 11.6. The summed E-state index contributed by atoms with van der Waals surface area (Å²) < 4.78 is 36.0. The number of hydrogen-bond donors (Lipinski definition) is 4. The lowest BCUT2D eigenvalue weighted by molar-refractivity contribution is -0.149. The third-order valence-electron chi connectivity index (χ3n) is 5.70. The molecular weight excluding hydrogens is 503 g/mol. The zero-order chi connectivity index (χ0) is 27.4. The highest BCUT2D eigenvalue weighted by atomic mass is 31.2. The molecule has 4 N–H and O–H groups in total. The van der Waals surface area contributed by atoms with Crippen LogP contribution in [0.2, 0.25) is 0 Å². The molecule has 2 heterocycles. The molecule has 0 bridgehead atoms. The first-order chi connectivity index (χ1) is 17.4. The fourth-order valence-corrected chi connectivity index (χ4v) is 5.34. The van der Waals surface area contributed by atoms with Crippen molar-refractivity contribution in [1.29, 1.82) is 0 Å². The summed E-state index contributed by atoms with van der Waals surface area (Å²) in [6.45, 7) is 7.84. The maximum Gasteiger partial charge on any atom is 0.459 e. The van der Waals surface area contributed by atoms with Crippen molar-refractivity contribution in [3.05, 3.63) is 54.8 Å². The van der Waals surface area contributed by atoms with E-state index in [1.807, 2.05) is 0 Å². The number of amides is 1. The Morgan fingerprint density at radius 2 is 2.00 bits per heavy atom. The van der Waals surface area contributed by atoms with E-state index in [0.717, 1.165) is 0 Å². The number of hydrogen-bond acceptors (Lipinski definition) is 9. The van der Waals surface area contributed by atoms with Gasteiger partial charge in [0.25, 0.3) is 0 Å². The Kier molecular flexibility index (Phi) is 8.97. The molecule has 0 saturated carbocycles. The molecule has 200 valence electrons. The maximum atomic E-state index is 13.8. The third kappa shape index (κ3) is 6.67. The summed E-state index contributed by atoms with van der Waals surface area (Å²) in [6, 6.07) is 6.97. The van der Waals surface area contributed by atoms with Crippen LogP contribution in [0.4, 0.5) is 0 Å². The Labute approximate surface area is 215 Å². The third-order valence-corrected chi connectivity index (χ3v) is 7.32. The molecule has 7 atom stereocenters. The molecule has 2 aliphatic rings. The normalized spacial score (nSPS) is 29.8. The van der Waals surface area contributed by atoms with Crippen LogP contribution in [-0.2, 0) is 28.2 Å². The summed E-state index contributed by atoms with van der Waals surface area (Å²) in [5.41, 5.74) is -1.70. The summed E-state index contributed by atoms with van der Waals surface area (Å²) in [5, 5.41) is 26.6. The van der Waals surface area contributed by atoms with Crippen LogP contribution in [0.5, 0.6) is 5.75 Å². The number of para-hydroxylation sites is 1. The molecule has 11 nitrogen and oxygen atoms in total. The summed E-state index contributed by atoms with van der Waals surface area (Å²) >= 11 is 0. The SMILES string of the molecule is C#C[C@]1(CO[P@](=O)(N[C@@H](C)C(=O)OC(C)C)Oc2ccccc2)O[C@@H](C2C=CC(=O)NC2=C)[C@H](O)[C@@H]1O. The number of carbonyl (C=O) groups is 2. The van der Waals surface area contributed by atoms with E-state index in [4.69, 9.17) is 24.9 Å². The van der Waals surface area contributed by atoms with Gasteiger partial charge in [-0.1, -0.05) is 36.8 Å². The number of terminal acetylenes is 1. The van der Waals surface area contributed by atoms with Crippen molar-refractivity contribution in [2.75, 3.05) is 6.61 Å². The molecule has 1 aromatic carbocycles. The summed E-state index contributed by atoms with van der Waals surface area (Å²) in [7, 11) is -4.33. The zero-order valence-corrected chi connectivity index (χ0v) is 21.6. The zero-order valence-electron chi connectivity index (χ0n) is 20.7. The number of ether oxygens (including phenoxy) is 2. The fraction of sp³-hybridized carbons (Fsp3) is 0.440. The number of esters is 1. The largest absolute Gasteiger partial charge is 0.462 e. The minimum absolute atomic E-state index is 0.169. The molecule has 3 rings (SSSR count). The van der Waals surface area contributed by atoms with Gasteiger partial charge >= 0.3 is 13.7 Å². The second-order valence-electron chi connectivity index (χ2n) is 8.96. The topological polar surface area (TPSA) is 153 Å². The van der Waals surface area contributed by atoms with E-state index in [1.165, 1.54) is 31.2 Å². The predicted octanol–water partition coefficient (Wildman–Crippen LogP) is 1.43. The first-order valence-electron chi connectivity index (χ1n) is 11.6. The highest BCUT2D eigenvalue weighted by Gasteiger charge is 2.57. The number of aliphatic hydroxyl groups is 2. The molecule has 1 saturated heterocycles. The van der Waals surface area contributed by atoms with Gasteiger partial charge in [-0.3, -0.25) is 14.1 Å². The second-order valence-corrected chi connectivity index (χ2v) is 10.7. The van der Waals surface area contributed by atoms with Crippen molar-refractivity contribution in [3.63, 3.8) is 0 Å². The van der Waals surface area contributed by atoms with Crippen LogP contribution in [0.25, 0.3) is 0 Å². The highest BCUT2D eigenvalue weighted by Crippen LogP contribution is 2.47. The molecule has 0 aliphatic carbocycles. The monoisotopic (exact) mass is 534 g/mol. The van der Waals surface area contributed by atoms with Crippen LogP contribution < -0.4 is 14.9 Å². The Balaban J connectivity index is 1.83. The molecule has 1 amide bonds. The average molecular weight is 535 g/mol. The van der Waals surface area contributed by atoms with Crippen molar-refractivity contribution < 1.29 is 42.9 Å². The fourth-order valence-electron chi connectivity index (χ4n) is 3.82. The lowest BCUT2D eigenvalue weighted by atomic mass is 9.89. The lowest BCUT2D eigenvalue weighted by Gasteiger charge is -2.30. The molecule has 1 unspecified atom stereocenters. The molecule has 0 spiro atoms. The van der Waals surface area contributed by atoms with E-state index in [0.29, 0.717) is 0 Å². The molecule has 2 aliphatic heterocycles. The van der Waals surface area contributed by atoms with Gasteiger partial charge in [0, 0.05) is 17.7 Å². The molecule has 12 heteroatoms. The van der Waals surface area contributed by atoms with Crippen molar-refractivity contribution >= 4 is 19.6 Å². The lowest BCUT2D eigenvalue weighted by Crippen LogP contribution is -2.46. The Morgan fingerprint density at radius 3 is 2.59 bits per heavy atom. The van der Waals surface area contributed by atoms with E-state index in [-0.39, 0.29) is 11.4 Å². The van der Waals surface area contributed by atoms with E-state index in [1.54, 1.807) is 32.0 Å². The van der Waals surface area contributed by atoms with Crippen LogP contribution in [0, 0.1) is 18.3 Å². The predicted molar refractivity (Wildman–Crippen MR) is 133 cm³/mol. The van der Waals surface area contributed by atoms with Gasteiger partial charge in [-0.2, -0.15) is 5.09 Å². The molecular formula is C25H31N2O9P. The van der Waals surface area contributed by atoms with Gasteiger partial charge in [-0.25, -0.2) is 4.57 Å². The number of benzene rings is 1. The van der Waals surface area contributed by atoms with E-state index in [2.05, 4.69) is 22.9 Å². The molecule has 0 aromatic heterocycles. The number of carbonyl (C=O) groups excluding carboxylic acids is 2. The minimum atomic E-state index is -4.33. The highest BCUT2D eigenvalue weighted by molar-refractivity contribution is 7.52. The van der Waals surface area contributed by atoms with E-state index >= 15 is 0 Å². The van der Waals surface area contributed by atoms with Gasteiger partial charge in [0.05, 0.1) is 6.10 Å². The smallest absolute Gasteiger partial charge is 0.459 e. The quantitative estimate of drug-likeness (QED) is 0.197. The molecule has 0 radical (unpaired) electrons. The van der Waals surface area contributed by atoms with Crippen LogP contribution in [0.1, 0.15) is 20.8 Å². The van der Waals surface area contributed by atoms with Gasteiger partial charge in [0.15, 0.2) is 5.60 Å². The minimum Gasteiger partial charge on any atom is -0.462 e. The molecule has 37 heavy (non-hydrogen) atoms. The standard InChI is InChI=1S/C25H31N2O9P/c1-6-25(23(30)21(29)22(35-25)19-12-13-20(28)26-16(19)4)14-33-37(32,36-18-10-8-7-9-11-18)27-17(5)24(31)34-15(2)3/h1,7-13,15,17,19,21-23,29-30H,4,14H2,2-3,5H3,(H,26,28)(H,27,32)/t17-,19?,21-,22-,23-,25+,37+/m0/s1. The first kappa shape index (κ1) is 28.6. The molecule has 1 aromatic rings. The maximum absolute atomic E-state index is 13.8. The summed E-state index contributed by atoms with van der Waals surface area (Å²) in [4.78, 5) is 23.9. The Hall–Kier alpha value is -2.97. The van der Waals surface area contributed by atoms with Crippen molar-refractivity contribution in [2.45, 2.75) is 56.8 Å². The van der Waals surface area contributed by atoms with Crippen molar-refractivity contribution in [3.8, 4) is 18.1 Å². The van der Waals surface area contributed by atoms with E-state index < -0.39 is 68.2 Å². The Bertz CT molecular complexity index is 1130. The van der Waals surface area contributed by atoms with Gasteiger partial charge in [-0.05, 0) is 32.9 Å².